The third-order valence-electron chi connectivity index (χ3n) is 3.45. The summed E-state index contributed by atoms with van der Waals surface area (Å²) in [6.45, 7) is 0. The summed E-state index contributed by atoms with van der Waals surface area (Å²) in [6.07, 6.45) is 9.79. The zero-order valence-electron chi connectivity index (χ0n) is 11.3. The maximum absolute atomic E-state index is 10.6. The fourth-order valence-corrected chi connectivity index (χ4v) is 2.49. The van der Waals surface area contributed by atoms with Gasteiger partial charge in [-0.25, -0.2) is 14.8 Å². The number of fused-ring (bicyclic) bond motifs is 4. The van der Waals surface area contributed by atoms with Crippen LogP contribution in [0.4, 0.5) is 4.79 Å². The van der Waals surface area contributed by atoms with Gasteiger partial charge in [0.25, 0.3) is 0 Å². The van der Waals surface area contributed by atoms with Crippen molar-refractivity contribution in [3.8, 4) is 5.75 Å². The third kappa shape index (κ3) is 1.97. The zero-order chi connectivity index (χ0) is 15.1. The highest BCUT2D eigenvalue weighted by molar-refractivity contribution is 5.61. The molecule has 22 heavy (non-hydrogen) atoms. The molecule has 3 aliphatic heterocycles. The van der Waals surface area contributed by atoms with Gasteiger partial charge in [-0.05, 0) is 57.3 Å². The van der Waals surface area contributed by atoms with E-state index in [-0.39, 0.29) is 11.9 Å². The molecule has 0 aromatic heterocycles. The van der Waals surface area contributed by atoms with E-state index in [4.69, 9.17) is 9.84 Å². The molecular formula is C14H11N5O3. The van der Waals surface area contributed by atoms with Gasteiger partial charge >= 0.3 is 6.16 Å². The smallest absolute Gasteiger partial charge is 0.449 e. The molecular weight excluding hydrogens is 286 g/mol. The number of allylic oxidation sites excluding steroid dienone is 2. The Balaban J connectivity index is 1.78. The van der Waals surface area contributed by atoms with Crippen LogP contribution in [0.2, 0.25) is 0 Å². The van der Waals surface area contributed by atoms with E-state index in [1.807, 2.05) is 35.6 Å². The highest BCUT2D eigenvalue weighted by atomic mass is 16.7. The Morgan fingerprint density at radius 2 is 2.05 bits per heavy atom. The van der Waals surface area contributed by atoms with Gasteiger partial charge in [0.15, 0.2) is 6.17 Å². The summed E-state index contributed by atoms with van der Waals surface area (Å²) in [5.41, 5.74) is 0. The van der Waals surface area contributed by atoms with E-state index in [1.54, 1.807) is 34.5 Å². The summed E-state index contributed by atoms with van der Waals surface area (Å²) < 4.78 is 4.70. The van der Waals surface area contributed by atoms with Crippen molar-refractivity contribution in [3.63, 3.8) is 0 Å². The highest BCUT2D eigenvalue weighted by Crippen LogP contribution is 2.23. The summed E-state index contributed by atoms with van der Waals surface area (Å²) in [7, 11) is 0. The molecule has 1 N–H and O–H groups in total. The van der Waals surface area contributed by atoms with Crippen molar-refractivity contribution in [3.05, 3.63) is 53.2 Å². The van der Waals surface area contributed by atoms with Crippen molar-refractivity contribution in [2.24, 2.45) is 10.4 Å². The molecule has 0 bridgehead atoms. The predicted molar refractivity (Wildman–Crippen MR) is 75.7 cm³/mol. The average Bonchev–Trinajstić information content (AvgIpc) is 2.52. The molecule has 0 amide bonds. The van der Waals surface area contributed by atoms with Crippen molar-refractivity contribution in [2.75, 3.05) is 0 Å². The van der Waals surface area contributed by atoms with Crippen molar-refractivity contribution in [1.82, 2.24) is 15.1 Å². The van der Waals surface area contributed by atoms with Crippen LogP contribution in [-0.4, -0.2) is 32.6 Å². The molecule has 1 unspecified atom stereocenters. The van der Waals surface area contributed by atoms with Gasteiger partial charge < -0.3 is 9.84 Å². The molecule has 110 valence electrons. The Hall–Kier alpha value is -3.29. The summed E-state index contributed by atoms with van der Waals surface area (Å²) >= 11 is 0. The number of rotatable bonds is 1. The maximum Gasteiger partial charge on any atom is 0.511 e. The lowest BCUT2D eigenvalue weighted by Crippen LogP contribution is -2.53. The molecule has 0 aliphatic carbocycles. The molecule has 0 fully saturated rings. The predicted octanol–water partition coefficient (Wildman–Crippen LogP) is 0.759. The molecule has 1 atom stereocenters. The molecule has 8 nitrogen and oxygen atoms in total. The lowest BCUT2D eigenvalue weighted by molar-refractivity contribution is -0.0444. The second kappa shape index (κ2) is 4.62. The Kier molecular flexibility index (Phi) is 2.62. The number of hydrogen-bond acceptors (Lipinski definition) is 7. The van der Waals surface area contributed by atoms with E-state index in [9.17, 15) is 4.79 Å². The fraction of sp³-hybridized carbons (Fsp3) is 0.0714. The van der Waals surface area contributed by atoms with Crippen LogP contribution in [0.15, 0.2) is 53.2 Å². The van der Waals surface area contributed by atoms with Gasteiger partial charge in [-0.2, -0.15) is 5.12 Å². The zero-order valence-corrected chi connectivity index (χ0v) is 11.3. The normalized spacial score (nSPS) is 20.5. The summed E-state index contributed by atoms with van der Waals surface area (Å²) in [5.74, 6) is 0.285. The van der Waals surface area contributed by atoms with Crippen LogP contribution in [0.3, 0.4) is 0 Å². The third-order valence-corrected chi connectivity index (χ3v) is 3.45. The standard InChI is InChI=1S/C14H11N5O3/c20-14(21)22-12-4-3-10-9-17-13(8-11(10)7-12)18-5-1-2-6-19(18)16-15-17/h1-9,13H,(H,20,21). The average molecular weight is 297 g/mol. The largest absolute Gasteiger partial charge is 0.511 e. The second-order valence-corrected chi connectivity index (χ2v) is 4.81. The SMILES string of the molecule is O=C(O)Oc1ccc2c(c1)=CC1N(C=2)N=NN2C=CC=CN12. The van der Waals surface area contributed by atoms with E-state index in [0.717, 1.165) is 10.4 Å². The van der Waals surface area contributed by atoms with Crippen LogP contribution < -0.4 is 15.2 Å². The number of ether oxygens (including phenoxy) is 1. The van der Waals surface area contributed by atoms with Crippen LogP contribution in [0.5, 0.6) is 5.75 Å². The van der Waals surface area contributed by atoms with Gasteiger partial charge in [0.2, 0.25) is 0 Å². The monoisotopic (exact) mass is 297 g/mol. The van der Waals surface area contributed by atoms with Crippen molar-refractivity contribution in [2.45, 2.75) is 6.17 Å². The van der Waals surface area contributed by atoms with Gasteiger partial charge in [0.1, 0.15) is 5.75 Å². The lowest BCUT2D eigenvalue weighted by Gasteiger charge is -2.42. The minimum Gasteiger partial charge on any atom is -0.449 e. The summed E-state index contributed by atoms with van der Waals surface area (Å²) in [5, 5.41) is 24.0. The lowest BCUT2D eigenvalue weighted by atomic mass is 10.1. The fourth-order valence-electron chi connectivity index (χ4n) is 2.49. The van der Waals surface area contributed by atoms with Crippen LogP contribution in [0.25, 0.3) is 12.3 Å². The topological polar surface area (TPSA) is 81.0 Å². The van der Waals surface area contributed by atoms with Gasteiger partial charge in [0, 0.05) is 18.6 Å². The molecule has 0 radical (unpaired) electrons. The highest BCUT2D eigenvalue weighted by Gasteiger charge is 2.29. The first-order valence-corrected chi connectivity index (χ1v) is 6.58. The van der Waals surface area contributed by atoms with E-state index in [1.165, 1.54) is 0 Å². The minimum absolute atomic E-state index is 0.175. The number of benzene rings is 1. The first kappa shape index (κ1) is 12.5. The molecule has 8 heteroatoms. The molecule has 0 spiro atoms. The number of nitrogens with zero attached hydrogens (tertiary/aromatic N) is 5. The first-order valence-electron chi connectivity index (χ1n) is 6.58. The molecule has 0 saturated heterocycles. The van der Waals surface area contributed by atoms with Crippen LogP contribution in [0.1, 0.15) is 0 Å². The number of carboxylic acid groups (broad SMARTS) is 1. The van der Waals surface area contributed by atoms with Crippen LogP contribution in [-0.2, 0) is 0 Å². The molecule has 1 aromatic carbocycles. The molecule has 1 aromatic rings. The quantitative estimate of drug-likeness (QED) is 0.609. The van der Waals surface area contributed by atoms with E-state index >= 15 is 0 Å². The number of hydrogen-bond donors (Lipinski definition) is 1. The Morgan fingerprint density at radius 1 is 1.18 bits per heavy atom. The Labute approximate surface area is 124 Å². The second-order valence-electron chi connectivity index (χ2n) is 4.81. The van der Waals surface area contributed by atoms with Crippen molar-refractivity contribution >= 4 is 18.4 Å². The van der Waals surface area contributed by atoms with Crippen molar-refractivity contribution < 1.29 is 14.6 Å². The maximum atomic E-state index is 10.6. The molecule has 4 rings (SSSR count). The molecule has 0 saturated carbocycles. The van der Waals surface area contributed by atoms with E-state index in [0.29, 0.717) is 0 Å². The first-order chi connectivity index (χ1) is 10.7. The number of hydrazine groups is 1. The van der Waals surface area contributed by atoms with Crippen LogP contribution in [0, 0.1) is 0 Å². The van der Waals surface area contributed by atoms with Crippen LogP contribution >= 0.6 is 0 Å². The Morgan fingerprint density at radius 3 is 2.91 bits per heavy atom. The summed E-state index contributed by atoms with van der Waals surface area (Å²) in [6, 6.07) is 5.08. The van der Waals surface area contributed by atoms with Gasteiger partial charge in [-0.1, -0.05) is 0 Å². The van der Waals surface area contributed by atoms with Gasteiger partial charge in [-0.3, -0.25) is 0 Å². The van der Waals surface area contributed by atoms with Crippen molar-refractivity contribution in [1.29, 1.82) is 0 Å². The van der Waals surface area contributed by atoms with Gasteiger partial charge in [-0.15, -0.1) is 0 Å². The van der Waals surface area contributed by atoms with E-state index in [2.05, 4.69) is 10.4 Å². The van der Waals surface area contributed by atoms with E-state index < -0.39 is 6.16 Å². The minimum atomic E-state index is -1.33. The molecule has 3 heterocycles. The summed E-state index contributed by atoms with van der Waals surface area (Å²) in [4.78, 5) is 10.6. The molecule has 3 aliphatic rings. The number of carbonyl (C=O) groups is 1. The van der Waals surface area contributed by atoms with Gasteiger partial charge in [0.05, 0.1) is 0 Å². The Bertz CT molecular complexity index is 845.